The molecule has 1 aromatic rings. The molecule has 1 aliphatic heterocycles. The first kappa shape index (κ1) is 17.1. The second-order valence-electron chi connectivity index (χ2n) is 5.97. The number of para-hydroxylation sites is 1. The number of piperazine rings is 1. The van der Waals surface area contributed by atoms with Gasteiger partial charge in [-0.3, -0.25) is 9.69 Å². The minimum absolute atomic E-state index is 0.132. The fourth-order valence-corrected chi connectivity index (χ4v) is 3.14. The van der Waals surface area contributed by atoms with Gasteiger partial charge in [-0.2, -0.15) is 0 Å². The van der Waals surface area contributed by atoms with Crippen molar-refractivity contribution in [3.05, 3.63) is 29.3 Å². The van der Waals surface area contributed by atoms with Gasteiger partial charge in [-0.25, -0.2) is 0 Å². The lowest BCUT2D eigenvalue weighted by molar-refractivity contribution is -0.122. The molecule has 5 heteroatoms. The summed E-state index contributed by atoms with van der Waals surface area (Å²) in [5.74, 6) is 0.132. The Balaban J connectivity index is 1.78. The number of hydrogen-bond acceptors (Lipinski definition) is 3. The predicted molar refractivity (Wildman–Crippen MR) is 92.6 cm³/mol. The van der Waals surface area contributed by atoms with Gasteiger partial charge in [-0.15, -0.1) is 0 Å². The van der Waals surface area contributed by atoms with Crippen molar-refractivity contribution in [2.45, 2.75) is 32.7 Å². The molecule has 1 heterocycles. The van der Waals surface area contributed by atoms with Gasteiger partial charge in [0.25, 0.3) is 0 Å². The van der Waals surface area contributed by atoms with Gasteiger partial charge in [0.2, 0.25) is 5.91 Å². The van der Waals surface area contributed by atoms with Crippen LogP contribution < -0.4 is 10.2 Å². The number of anilines is 1. The molecule has 1 fully saturated rings. The van der Waals surface area contributed by atoms with Crippen molar-refractivity contribution >= 4 is 23.2 Å². The van der Waals surface area contributed by atoms with E-state index in [1.165, 1.54) is 0 Å². The SMILES string of the molecule is CCCC(C)NC(=O)CN1CCN(c2ccccc2Cl)CC1. The van der Waals surface area contributed by atoms with Crippen LogP contribution in [0.2, 0.25) is 5.02 Å². The summed E-state index contributed by atoms with van der Waals surface area (Å²) in [5.41, 5.74) is 1.09. The van der Waals surface area contributed by atoms with E-state index in [1.807, 2.05) is 18.2 Å². The fraction of sp³-hybridized carbons (Fsp3) is 0.588. The molecular weight excluding hydrogens is 298 g/mol. The highest BCUT2D eigenvalue weighted by atomic mass is 35.5. The molecule has 1 unspecified atom stereocenters. The maximum absolute atomic E-state index is 12.0. The first-order valence-electron chi connectivity index (χ1n) is 8.11. The summed E-state index contributed by atoms with van der Waals surface area (Å²) in [7, 11) is 0. The zero-order valence-corrected chi connectivity index (χ0v) is 14.3. The van der Waals surface area contributed by atoms with Crippen LogP contribution in [-0.2, 0) is 4.79 Å². The first-order valence-corrected chi connectivity index (χ1v) is 8.49. The molecule has 0 bridgehead atoms. The summed E-state index contributed by atoms with van der Waals surface area (Å²) < 4.78 is 0. The van der Waals surface area contributed by atoms with E-state index < -0.39 is 0 Å². The standard InChI is InChI=1S/C17H26ClN3O/c1-3-6-14(2)19-17(22)13-20-9-11-21(12-10-20)16-8-5-4-7-15(16)18/h4-5,7-8,14H,3,6,9-13H2,1-2H3,(H,19,22). The minimum atomic E-state index is 0.132. The summed E-state index contributed by atoms with van der Waals surface area (Å²) >= 11 is 6.25. The van der Waals surface area contributed by atoms with Gasteiger partial charge in [-0.05, 0) is 25.5 Å². The lowest BCUT2D eigenvalue weighted by Crippen LogP contribution is -2.50. The average Bonchev–Trinajstić information content (AvgIpc) is 2.49. The normalized spacial score (nSPS) is 17.3. The van der Waals surface area contributed by atoms with E-state index in [0.29, 0.717) is 6.54 Å². The second kappa shape index (κ2) is 8.39. The Morgan fingerprint density at radius 1 is 1.27 bits per heavy atom. The lowest BCUT2D eigenvalue weighted by Gasteiger charge is -2.36. The molecule has 0 aromatic heterocycles. The van der Waals surface area contributed by atoms with E-state index in [4.69, 9.17) is 11.6 Å². The molecule has 2 rings (SSSR count). The highest BCUT2D eigenvalue weighted by Gasteiger charge is 2.20. The highest BCUT2D eigenvalue weighted by molar-refractivity contribution is 6.33. The van der Waals surface area contributed by atoms with Gasteiger partial charge in [0.15, 0.2) is 0 Å². The van der Waals surface area contributed by atoms with Crippen molar-refractivity contribution in [3.63, 3.8) is 0 Å². The molecule has 1 atom stereocenters. The smallest absolute Gasteiger partial charge is 0.234 e. The van der Waals surface area contributed by atoms with Gasteiger partial charge in [0, 0.05) is 32.2 Å². The van der Waals surface area contributed by atoms with Crippen LogP contribution in [-0.4, -0.2) is 49.6 Å². The first-order chi connectivity index (χ1) is 10.6. The minimum Gasteiger partial charge on any atom is -0.368 e. The molecule has 1 N–H and O–H groups in total. The number of halogens is 1. The number of hydrogen-bond donors (Lipinski definition) is 1. The molecule has 0 saturated carbocycles. The average molecular weight is 324 g/mol. The molecule has 22 heavy (non-hydrogen) atoms. The number of carbonyl (C=O) groups is 1. The topological polar surface area (TPSA) is 35.6 Å². The number of amides is 1. The molecule has 1 aliphatic rings. The summed E-state index contributed by atoms with van der Waals surface area (Å²) in [4.78, 5) is 16.5. The van der Waals surface area contributed by atoms with Crippen LogP contribution in [0.15, 0.2) is 24.3 Å². The Kier molecular flexibility index (Phi) is 6.52. The number of benzene rings is 1. The zero-order chi connectivity index (χ0) is 15.9. The van der Waals surface area contributed by atoms with Crippen molar-refractivity contribution in [1.82, 2.24) is 10.2 Å². The van der Waals surface area contributed by atoms with Crippen molar-refractivity contribution in [2.75, 3.05) is 37.6 Å². The molecule has 0 radical (unpaired) electrons. The molecule has 122 valence electrons. The van der Waals surface area contributed by atoms with Crippen molar-refractivity contribution in [1.29, 1.82) is 0 Å². The number of nitrogens with one attached hydrogen (secondary N) is 1. The summed E-state index contributed by atoms with van der Waals surface area (Å²) in [6.07, 6.45) is 2.13. The predicted octanol–water partition coefficient (Wildman–Crippen LogP) is 2.77. The van der Waals surface area contributed by atoms with Gasteiger partial charge < -0.3 is 10.2 Å². The van der Waals surface area contributed by atoms with E-state index in [1.54, 1.807) is 0 Å². The lowest BCUT2D eigenvalue weighted by atomic mass is 10.2. The summed E-state index contributed by atoms with van der Waals surface area (Å²) in [5, 5.41) is 3.86. The number of carbonyl (C=O) groups excluding carboxylic acids is 1. The second-order valence-corrected chi connectivity index (χ2v) is 6.38. The van der Waals surface area contributed by atoms with E-state index in [9.17, 15) is 4.79 Å². The maximum Gasteiger partial charge on any atom is 0.234 e. The third-order valence-electron chi connectivity index (χ3n) is 4.06. The maximum atomic E-state index is 12.0. The fourth-order valence-electron chi connectivity index (χ4n) is 2.88. The zero-order valence-electron chi connectivity index (χ0n) is 13.5. The largest absolute Gasteiger partial charge is 0.368 e. The quantitative estimate of drug-likeness (QED) is 0.874. The van der Waals surface area contributed by atoms with Crippen molar-refractivity contribution in [3.8, 4) is 0 Å². The van der Waals surface area contributed by atoms with Crippen LogP contribution in [0.4, 0.5) is 5.69 Å². The Hall–Kier alpha value is -1.26. The van der Waals surface area contributed by atoms with Crippen LogP contribution in [0.1, 0.15) is 26.7 Å². The molecule has 0 spiro atoms. The van der Waals surface area contributed by atoms with Crippen LogP contribution in [0.5, 0.6) is 0 Å². The summed E-state index contributed by atoms with van der Waals surface area (Å²) in [6, 6.07) is 8.20. The number of rotatable bonds is 6. The van der Waals surface area contributed by atoms with Crippen LogP contribution in [0.3, 0.4) is 0 Å². The molecular formula is C17H26ClN3O. The molecule has 1 aromatic carbocycles. The van der Waals surface area contributed by atoms with E-state index in [-0.39, 0.29) is 11.9 Å². The van der Waals surface area contributed by atoms with Gasteiger partial charge in [0.05, 0.1) is 17.3 Å². The Labute approximate surface area is 138 Å². The monoisotopic (exact) mass is 323 g/mol. The van der Waals surface area contributed by atoms with Gasteiger partial charge in [0.1, 0.15) is 0 Å². The molecule has 0 aliphatic carbocycles. The molecule has 1 amide bonds. The van der Waals surface area contributed by atoms with Crippen molar-refractivity contribution in [2.24, 2.45) is 0 Å². The van der Waals surface area contributed by atoms with Crippen LogP contribution >= 0.6 is 11.6 Å². The Morgan fingerprint density at radius 2 is 1.95 bits per heavy atom. The molecule has 1 saturated heterocycles. The highest BCUT2D eigenvalue weighted by Crippen LogP contribution is 2.25. The Morgan fingerprint density at radius 3 is 2.59 bits per heavy atom. The summed E-state index contributed by atoms with van der Waals surface area (Å²) in [6.45, 7) is 8.28. The van der Waals surface area contributed by atoms with Gasteiger partial charge in [-0.1, -0.05) is 37.1 Å². The third-order valence-corrected chi connectivity index (χ3v) is 4.38. The number of nitrogens with zero attached hydrogens (tertiary/aromatic N) is 2. The van der Waals surface area contributed by atoms with Crippen molar-refractivity contribution < 1.29 is 4.79 Å². The van der Waals surface area contributed by atoms with E-state index in [2.05, 4.69) is 35.0 Å². The molecule has 4 nitrogen and oxygen atoms in total. The van der Waals surface area contributed by atoms with E-state index in [0.717, 1.165) is 49.7 Å². The Bertz CT molecular complexity index is 487. The van der Waals surface area contributed by atoms with Crippen LogP contribution in [0.25, 0.3) is 0 Å². The van der Waals surface area contributed by atoms with Crippen LogP contribution in [0, 0.1) is 0 Å². The third kappa shape index (κ3) is 4.89. The van der Waals surface area contributed by atoms with Gasteiger partial charge >= 0.3 is 0 Å². The van der Waals surface area contributed by atoms with E-state index >= 15 is 0 Å².